The molecule has 0 saturated heterocycles. The molecule has 0 bridgehead atoms. The number of rotatable bonds is 6. The van der Waals surface area contributed by atoms with Gasteiger partial charge >= 0.3 is 0 Å². The molecule has 3 aromatic carbocycles. The molecule has 0 radical (unpaired) electrons. The minimum absolute atomic E-state index is 0.251. The zero-order valence-electron chi connectivity index (χ0n) is 22.6. The number of imidazole rings is 1. The smallest absolute Gasteiger partial charge is 0.297 e. The fourth-order valence-corrected chi connectivity index (χ4v) is 5.43. The monoisotopic (exact) mass is 563 g/mol. The van der Waals surface area contributed by atoms with Crippen LogP contribution in [0.5, 0.6) is 0 Å². The quantitative estimate of drug-likeness (QED) is 0.239. The molecule has 3 heterocycles. The van der Waals surface area contributed by atoms with Gasteiger partial charge in [-0.05, 0) is 55.8 Å². The Morgan fingerprint density at radius 3 is 2.39 bits per heavy atom. The van der Waals surface area contributed by atoms with Crippen molar-refractivity contribution in [2.75, 3.05) is 0 Å². The molecule has 204 valence electrons. The number of hydrogen-bond acceptors (Lipinski definition) is 5. The Morgan fingerprint density at radius 1 is 0.951 bits per heavy atom. The first kappa shape index (κ1) is 26.1. The van der Waals surface area contributed by atoms with E-state index in [0.717, 1.165) is 16.9 Å². The summed E-state index contributed by atoms with van der Waals surface area (Å²) in [4.78, 5) is 22.9. The Bertz CT molecular complexity index is 1990. The van der Waals surface area contributed by atoms with Crippen LogP contribution in [-0.2, 0) is 7.05 Å². The lowest BCUT2D eigenvalue weighted by molar-refractivity contribution is 0.629. The van der Waals surface area contributed by atoms with Crippen molar-refractivity contribution in [2.24, 2.45) is 17.1 Å². The van der Waals surface area contributed by atoms with Crippen molar-refractivity contribution in [3.8, 4) is 22.6 Å². The maximum absolute atomic E-state index is 15.0. The van der Waals surface area contributed by atoms with Gasteiger partial charge < -0.3 is 4.57 Å². The van der Waals surface area contributed by atoms with Crippen LogP contribution in [0.25, 0.3) is 22.6 Å². The molecular formula is C31H26FN7OS. The molecule has 0 amide bonds. The molecular weight excluding hydrogens is 537 g/mol. The maximum atomic E-state index is 15.0. The van der Waals surface area contributed by atoms with E-state index < -0.39 is 0 Å². The highest BCUT2D eigenvalue weighted by molar-refractivity contribution is 7.07. The van der Waals surface area contributed by atoms with Crippen LogP contribution in [-0.4, -0.2) is 29.3 Å². The molecule has 0 unspecified atom stereocenters. The van der Waals surface area contributed by atoms with Gasteiger partial charge in [-0.15, -0.1) is 11.3 Å². The van der Waals surface area contributed by atoms with Crippen molar-refractivity contribution in [3.05, 3.63) is 135 Å². The minimum atomic E-state index is -0.370. The fraction of sp³-hybridized carbons (Fsp3) is 0.0968. The first-order chi connectivity index (χ1) is 19.9. The van der Waals surface area contributed by atoms with Gasteiger partial charge in [0.05, 0.1) is 29.1 Å². The SMILES string of the molecule is CC(=Nn1c(-c2ccccc2F)csc1=Nc1c(C)n(C)n(-c2ccccc2)c1=O)c1ccc(-n2ccnc2)cc1. The molecule has 41 heavy (non-hydrogen) atoms. The maximum Gasteiger partial charge on any atom is 0.297 e. The van der Waals surface area contributed by atoms with Crippen LogP contribution in [0.1, 0.15) is 18.2 Å². The largest absolute Gasteiger partial charge is 0.306 e. The lowest BCUT2D eigenvalue weighted by Crippen LogP contribution is -2.20. The van der Waals surface area contributed by atoms with E-state index in [1.54, 1.807) is 44.8 Å². The number of para-hydroxylation sites is 1. The van der Waals surface area contributed by atoms with E-state index >= 15 is 0 Å². The van der Waals surface area contributed by atoms with E-state index in [2.05, 4.69) is 4.98 Å². The van der Waals surface area contributed by atoms with Gasteiger partial charge in [0.2, 0.25) is 4.80 Å². The Balaban J connectivity index is 1.51. The molecule has 0 spiro atoms. The van der Waals surface area contributed by atoms with E-state index in [1.807, 2.05) is 91.6 Å². The van der Waals surface area contributed by atoms with Gasteiger partial charge in [-0.2, -0.15) is 5.10 Å². The molecule has 6 aromatic rings. The standard InChI is InChI=1S/C31H26FN7OS/c1-21(23-13-15-24(16-14-23)37-18-17-33-20-37)35-38-28(26-11-7-8-12-27(26)32)19-41-31(38)34-29-22(2)36(3)39(30(29)40)25-9-5-4-6-10-25/h4-20H,1-3H3. The molecule has 6 rings (SSSR count). The summed E-state index contributed by atoms with van der Waals surface area (Å²) in [7, 11) is 1.83. The van der Waals surface area contributed by atoms with Crippen molar-refractivity contribution in [1.29, 1.82) is 0 Å². The molecule has 8 nitrogen and oxygen atoms in total. The van der Waals surface area contributed by atoms with E-state index in [9.17, 15) is 9.18 Å². The zero-order chi connectivity index (χ0) is 28.5. The van der Waals surface area contributed by atoms with Crippen LogP contribution in [0.2, 0.25) is 0 Å². The van der Waals surface area contributed by atoms with E-state index in [4.69, 9.17) is 10.1 Å². The molecule has 0 aliphatic carbocycles. The van der Waals surface area contributed by atoms with Crippen molar-refractivity contribution in [2.45, 2.75) is 13.8 Å². The number of thiazole rings is 1. The van der Waals surface area contributed by atoms with Crippen molar-refractivity contribution < 1.29 is 4.39 Å². The predicted octanol–water partition coefficient (Wildman–Crippen LogP) is 5.84. The molecule has 0 saturated carbocycles. The second kappa shape index (κ2) is 10.8. The average molecular weight is 564 g/mol. The van der Waals surface area contributed by atoms with Crippen LogP contribution >= 0.6 is 11.3 Å². The predicted molar refractivity (Wildman–Crippen MR) is 160 cm³/mol. The Labute approximate surface area is 239 Å². The molecule has 10 heteroatoms. The highest BCUT2D eigenvalue weighted by atomic mass is 32.1. The first-order valence-corrected chi connectivity index (χ1v) is 13.8. The summed E-state index contributed by atoms with van der Waals surface area (Å²) in [6.45, 7) is 3.74. The molecule has 0 fully saturated rings. The van der Waals surface area contributed by atoms with E-state index in [1.165, 1.54) is 17.4 Å². The fourth-order valence-electron chi connectivity index (χ4n) is 4.60. The van der Waals surface area contributed by atoms with Crippen molar-refractivity contribution >= 4 is 22.7 Å². The number of hydrogen-bond donors (Lipinski definition) is 0. The molecule has 3 aromatic heterocycles. The summed E-state index contributed by atoms with van der Waals surface area (Å²) in [6, 6.07) is 23.9. The van der Waals surface area contributed by atoms with Crippen molar-refractivity contribution in [1.82, 2.24) is 23.6 Å². The topological polar surface area (TPSA) is 74.4 Å². The van der Waals surface area contributed by atoms with Gasteiger partial charge in [0.1, 0.15) is 5.82 Å². The summed E-state index contributed by atoms with van der Waals surface area (Å²) < 4.78 is 21.8. The third-order valence-corrected chi connectivity index (χ3v) is 7.72. The molecule has 0 atom stereocenters. The van der Waals surface area contributed by atoms with Crippen LogP contribution in [0.4, 0.5) is 10.1 Å². The Morgan fingerprint density at radius 2 is 1.68 bits per heavy atom. The van der Waals surface area contributed by atoms with Crippen molar-refractivity contribution in [3.63, 3.8) is 0 Å². The van der Waals surface area contributed by atoms with Gasteiger partial charge in [-0.1, -0.05) is 42.5 Å². The normalized spacial score (nSPS) is 12.3. The highest BCUT2D eigenvalue weighted by Gasteiger charge is 2.18. The van der Waals surface area contributed by atoms with Crippen LogP contribution in [0, 0.1) is 12.7 Å². The number of aromatic nitrogens is 5. The number of nitrogens with zero attached hydrogens (tertiary/aromatic N) is 7. The summed E-state index contributed by atoms with van der Waals surface area (Å²) in [5.41, 5.74) is 4.97. The molecule has 0 aliphatic rings. The van der Waals surface area contributed by atoms with E-state index in [-0.39, 0.29) is 11.4 Å². The second-order valence-corrected chi connectivity index (χ2v) is 10.3. The lowest BCUT2D eigenvalue weighted by atomic mass is 10.1. The van der Waals surface area contributed by atoms with Crippen LogP contribution in [0.3, 0.4) is 0 Å². The van der Waals surface area contributed by atoms with E-state index in [0.29, 0.717) is 33.2 Å². The summed E-state index contributed by atoms with van der Waals surface area (Å²) >= 11 is 1.30. The van der Waals surface area contributed by atoms with Gasteiger partial charge in [0.15, 0.2) is 5.69 Å². The third-order valence-electron chi connectivity index (χ3n) is 6.90. The lowest BCUT2D eigenvalue weighted by Gasteiger charge is -2.08. The van der Waals surface area contributed by atoms with Gasteiger partial charge in [0.25, 0.3) is 5.56 Å². The Hall–Kier alpha value is -5.09. The number of benzene rings is 3. The van der Waals surface area contributed by atoms with Crippen LogP contribution < -0.4 is 10.4 Å². The Kier molecular flexibility index (Phi) is 6.90. The second-order valence-electron chi connectivity index (χ2n) is 9.42. The summed E-state index contributed by atoms with van der Waals surface area (Å²) in [6.07, 6.45) is 5.35. The third kappa shape index (κ3) is 4.89. The number of halogens is 1. The highest BCUT2D eigenvalue weighted by Crippen LogP contribution is 2.24. The summed E-state index contributed by atoms with van der Waals surface area (Å²) in [5.74, 6) is -0.370. The van der Waals surface area contributed by atoms with Gasteiger partial charge in [-0.3, -0.25) is 9.48 Å². The molecule has 0 N–H and O–H groups in total. The zero-order valence-corrected chi connectivity index (χ0v) is 23.5. The average Bonchev–Trinajstić information content (AvgIpc) is 3.71. The molecule has 0 aliphatic heterocycles. The summed E-state index contributed by atoms with van der Waals surface area (Å²) in [5, 5.41) is 6.70. The minimum Gasteiger partial charge on any atom is -0.306 e. The van der Waals surface area contributed by atoms with Gasteiger partial charge in [0, 0.05) is 36.1 Å². The van der Waals surface area contributed by atoms with Gasteiger partial charge in [-0.25, -0.2) is 23.7 Å². The first-order valence-electron chi connectivity index (χ1n) is 12.9. The van der Waals surface area contributed by atoms with Crippen LogP contribution in [0.15, 0.2) is 118 Å².